The van der Waals surface area contributed by atoms with Crippen molar-refractivity contribution in [1.29, 1.82) is 0 Å². The Bertz CT molecular complexity index is 432. The molecule has 1 aromatic rings. The van der Waals surface area contributed by atoms with Gasteiger partial charge in [-0.25, -0.2) is 0 Å². The van der Waals surface area contributed by atoms with Crippen molar-refractivity contribution in [2.24, 2.45) is 0 Å². The normalized spacial score (nSPS) is 14.8. The van der Waals surface area contributed by atoms with Gasteiger partial charge in [-0.2, -0.15) is 0 Å². The number of rotatable bonds is 5. The van der Waals surface area contributed by atoms with Crippen LogP contribution in [0.2, 0.25) is 0 Å². The molecule has 1 N–H and O–H groups in total. The zero-order chi connectivity index (χ0) is 13.0. The number of amides is 1. The molecule has 4 nitrogen and oxygen atoms in total. The second-order valence-electron chi connectivity index (χ2n) is 4.60. The molecule has 18 heavy (non-hydrogen) atoms. The third-order valence-electron chi connectivity index (χ3n) is 3.32. The number of nitrogens with one attached hydrogen (secondary N) is 1. The van der Waals surface area contributed by atoms with Crippen molar-refractivity contribution in [3.05, 3.63) is 29.3 Å². The molecule has 98 valence electrons. The van der Waals surface area contributed by atoms with E-state index in [9.17, 15) is 4.79 Å². The van der Waals surface area contributed by atoms with Gasteiger partial charge in [0.05, 0.1) is 6.73 Å². The Morgan fingerprint density at radius 2 is 2.22 bits per heavy atom. The Morgan fingerprint density at radius 3 is 3.00 bits per heavy atom. The van der Waals surface area contributed by atoms with Crippen LogP contribution < -0.4 is 10.2 Å². The molecule has 0 radical (unpaired) electrons. The van der Waals surface area contributed by atoms with Gasteiger partial charge in [0.1, 0.15) is 0 Å². The van der Waals surface area contributed by atoms with E-state index in [4.69, 9.17) is 4.74 Å². The van der Waals surface area contributed by atoms with Crippen molar-refractivity contribution in [2.45, 2.75) is 19.3 Å². The molecule has 0 aromatic heterocycles. The largest absolute Gasteiger partial charge is 0.370 e. The van der Waals surface area contributed by atoms with E-state index in [-0.39, 0.29) is 5.91 Å². The predicted octanol–water partition coefficient (Wildman–Crippen LogP) is 1.33. The van der Waals surface area contributed by atoms with Crippen molar-refractivity contribution in [3.63, 3.8) is 0 Å². The summed E-state index contributed by atoms with van der Waals surface area (Å²) in [4.78, 5) is 13.3. The minimum absolute atomic E-state index is 0.206. The molecule has 0 bridgehead atoms. The summed E-state index contributed by atoms with van der Waals surface area (Å²) in [5, 5.41) is 3.19. The number of carbonyl (C=O) groups is 1. The zero-order valence-electron chi connectivity index (χ0n) is 11.0. The number of nitrogens with zero attached hydrogens (tertiary/aromatic N) is 1. The fourth-order valence-corrected chi connectivity index (χ4v) is 2.27. The van der Waals surface area contributed by atoms with Crippen LogP contribution in [-0.4, -0.2) is 33.3 Å². The summed E-state index contributed by atoms with van der Waals surface area (Å²) < 4.78 is 4.94. The van der Waals surface area contributed by atoms with E-state index in [0.717, 1.165) is 25.1 Å². The van der Waals surface area contributed by atoms with Crippen LogP contribution in [0.1, 0.15) is 17.5 Å². The van der Waals surface area contributed by atoms with Crippen molar-refractivity contribution in [2.75, 3.05) is 32.3 Å². The summed E-state index contributed by atoms with van der Waals surface area (Å²) in [5.41, 5.74) is 3.64. The number of benzene rings is 1. The molecule has 0 saturated carbocycles. The number of fused-ring (bicyclic) bond motifs is 1. The van der Waals surface area contributed by atoms with Gasteiger partial charge in [-0.1, -0.05) is 12.1 Å². The molecule has 0 spiro atoms. The van der Waals surface area contributed by atoms with Crippen LogP contribution in [0.4, 0.5) is 5.69 Å². The summed E-state index contributed by atoms with van der Waals surface area (Å²) in [6.07, 6.45) is 2.46. The molecule has 0 unspecified atom stereocenters. The minimum Gasteiger partial charge on any atom is -0.370 e. The number of ether oxygens (including phenoxy) is 1. The quantitative estimate of drug-likeness (QED) is 0.631. The molecule has 4 heteroatoms. The van der Waals surface area contributed by atoms with Gasteiger partial charge in [0.15, 0.2) is 0 Å². The van der Waals surface area contributed by atoms with Crippen LogP contribution >= 0.6 is 0 Å². The van der Waals surface area contributed by atoms with Gasteiger partial charge >= 0.3 is 0 Å². The van der Waals surface area contributed by atoms with Crippen molar-refractivity contribution in [3.8, 4) is 0 Å². The fourth-order valence-electron chi connectivity index (χ4n) is 2.27. The van der Waals surface area contributed by atoms with Gasteiger partial charge in [0.25, 0.3) is 0 Å². The highest BCUT2D eigenvalue weighted by Gasteiger charge is 2.20. The van der Waals surface area contributed by atoms with Crippen LogP contribution in [0, 0.1) is 0 Å². The van der Waals surface area contributed by atoms with Gasteiger partial charge in [-0.3, -0.25) is 10.1 Å². The van der Waals surface area contributed by atoms with E-state index in [1.54, 1.807) is 12.0 Å². The highest BCUT2D eigenvalue weighted by atomic mass is 16.5. The molecule has 1 heterocycles. The summed E-state index contributed by atoms with van der Waals surface area (Å²) in [6, 6.07) is 6.37. The van der Waals surface area contributed by atoms with E-state index in [1.807, 2.05) is 7.05 Å². The molecule has 1 amide bonds. The second kappa shape index (κ2) is 5.98. The number of methoxy groups -OCH3 is 1. The van der Waals surface area contributed by atoms with Crippen molar-refractivity contribution >= 4 is 11.6 Å². The van der Waals surface area contributed by atoms with Crippen LogP contribution in [-0.2, 0) is 22.4 Å². The van der Waals surface area contributed by atoms with E-state index in [2.05, 4.69) is 23.5 Å². The lowest BCUT2D eigenvalue weighted by Crippen LogP contribution is -2.31. The lowest BCUT2D eigenvalue weighted by molar-refractivity contribution is -0.118. The Balaban J connectivity index is 2.01. The maximum atomic E-state index is 11.6. The van der Waals surface area contributed by atoms with Gasteiger partial charge in [-0.15, -0.1) is 0 Å². The number of aryl methyl sites for hydroxylation is 1. The highest BCUT2D eigenvalue weighted by molar-refractivity contribution is 5.95. The van der Waals surface area contributed by atoms with E-state index < -0.39 is 0 Å². The lowest BCUT2D eigenvalue weighted by atomic mass is 9.98. The third-order valence-corrected chi connectivity index (χ3v) is 3.32. The van der Waals surface area contributed by atoms with E-state index in [0.29, 0.717) is 13.2 Å². The smallest absolute Gasteiger partial charge is 0.227 e. The van der Waals surface area contributed by atoms with Crippen molar-refractivity contribution < 1.29 is 9.53 Å². The van der Waals surface area contributed by atoms with E-state index >= 15 is 0 Å². The Morgan fingerprint density at radius 1 is 1.39 bits per heavy atom. The zero-order valence-corrected chi connectivity index (χ0v) is 11.0. The molecule has 0 saturated heterocycles. The maximum absolute atomic E-state index is 11.6. The highest BCUT2D eigenvalue weighted by Crippen LogP contribution is 2.27. The van der Waals surface area contributed by atoms with Crippen LogP contribution in [0.25, 0.3) is 0 Å². The Kier molecular flexibility index (Phi) is 4.33. The molecular weight excluding hydrogens is 228 g/mol. The maximum Gasteiger partial charge on any atom is 0.227 e. The molecular formula is C14H20N2O2. The first kappa shape index (κ1) is 13.1. The van der Waals surface area contributed by atoms with Gasteiger partial charge in [0, 0.05) is 32.8 Å². The number of anilines is 1. The fraction of sp³-hybridized carbons (Fsp3) is 0.500. The average molecular weight is 248 g/mol. The molecule has 0 aliphatic carbocycles. The molecule has 0 fully saturated rings. The summed E-state index contributed by atoms with van der Waals surface area (Å²) in [5.74, 6) is 0.206. The average Bonchev–Trinajstić information content (AvgIpc) is 2.39. The van der Waals surface area contributed by atoms with E-state index in [1.165, 1.54) is 11.1 Å². The molecule has 1 aromatic carbocycles. The van der Waals surface area contributed by atoms with Crippen LogP contribution in [0.15, 0.2) is 18.2 Å². The number of hydrogen-bond donors (Lipinski definition) is 1. The molecule has 0 atom stereocenters. The van der Waals surface area contributed by atoms with Crippen LogP contribution in [0.3, 0.4) is 0 Å². The molecule has 2 rings (SSSR count). The summed E-state index contributed by atoms with van der Waals surface area (Å²) in [7, 11) is 3.53. The minimum atomic E-state index is 0.206. The van der Waals surface area contributed by atoms with Crippen LogP contribution in [0.5, 0.6) is 0 Å². The number of carbonyl (C=O) groups excluding carboxylic acids is 1. The predicted molar refractivity (Wildman–Crippen MR) is 71.8 cm³/mol. The Labute approximate surface area is 108 Å². The van der Waals surface area contributed by atoms with Crippen molar-refractivity contribution in [1.82, 2.24) is 5.32 Å². The Hall–Kier alpha value is -1.39. The summed E-state index contributed by atoms with van der Waals surface area (Å²) in [6.45, 7) is 1.49. The topological polar surface area (TPSA) is 41.6 Å². The summed E-state index contributed by atoms with van der Waals surface area (Å²) >= 11 is 0. The first-order valence-electron chi connectivity index (χ1n) is 6.30. The third kappa shape index (κ3) is 2.89. The standard InChI is InChI=1S/C14H20N2O2/c1-16-13-5-3-11(7-8-15-10-18-2)9-12(13)4-6-14(16)17/h3,5,9,15H,4,6-8,10H2,1-2H3. The first-order chi connectivity index (χ1) is 8.72. The monoisotopic (exact) mass is 248 g/mol. The second-order valence-corrected chi connectivity index (χ2v) is 4.60. The molecule has 1 aliphatic rings. The first-order valence-corrected chi connectivity index (χ1v) is 6.30. The number of hydrogen-bond acceptors (Lipinski definition) is 3. The van der Waals surface area contributed by atoms with Gasteiger partial charge < -0.3 is 9.64 Å². The van der Waals surface area contributed by atoms with Gasteiger partial charge in [-0.05, 0) is 30.0 Å². The van der Waals surface area contributed by atoms with Gasteiger partial charge in [0.2, 0.25) is 5.91 Å². The SMILES string of the molecule is COCNCCc1ccc2c(c1)CCC(=O)N2C. The lowest BCUT2D eigenvalue weighted by Gasteiger charge is -2.26. The molecule has 1 aliphatic heterocycles.